The van der Waals surface area contributed by atoms with Crippen LogP contribution in [0.2, 0.25) is 0 Å². The third-order valence-corrected chi connectivity index (χ3v) is 14.2. The van der Waals surface area contributed by atoms with Gasteiger partial charge in [-0.2, -0.15) is 9.29 Å². The number of aromatic nitrogens is 2. The zero-order valence-corrected chi connectivity index (χ0v) is 42.4. The second-order valence-electron chi connectivity index (χ2n) is 17.6. The van der Waals surface area contributed by atoms with Gasteiger partial charge in [-0.05, 0) is 50.2 Å². The van der Waals surface area contributed by atoms with Crippen molar-refractivity contribution in [3.05, 3.63) is 47.1 Å². The van der Waals surface area contributed by atoms with Crippen LogP contribution in [-0.2, 0) is 51.1 Å². The van der Waals surface area contributed by atoms with E-state index in [1.807, 2.05) is 12.2 Å². The Labute approximate surface area is 402 Å². The van der Waals surface area contributed by atoms with E-state index in [2.05, 4.69) is 30.1 Å². The molecule has 1 aliphatic rings. The first-order chi connectivity index (χ1) is 32.5. The van der Waals surface area contributed by atoms with Gasteiger partial charge in [0.25, 0.3) is 0 Å². The van der Waals surface area contributed by atoms with Gasteiger partial charge in [-0.15, -0.1) is 0 Å². The highest BCUT2D eigenvalue weighted by Gasteiger charge is 2.46. The molecule has 0 aliphatic carbocycles. The number of anilines is 1. The zero-order valence-electron chi connectivity index (χ0n) is 40.6. The Kier molecular flexibility index (Phi) is 31.5. The number of esters is 2. The van der Waals surface area contributed by atoms with Crippen molar-refractivity contribution < 1.29 is 71.1 Å². The van der Waals surface area contributed by atoms with Crippen LogP contribution in [0.4, 0.5) is 5.82 Å². The topological polar surface area (TPSA) is 283 Å². The van der Waals surface area contributed by atoms with Crippen LogP contribution in [0.25, 0.3) is 0 Å². The fourth-order valence-corrected chi connectivity index (χ4v) is 9.38. The number of hydrogen-bond donors (Lipinski definition) is 5. The third kappa shape index (κ3) is 27.9. The molecule has 0 spiro atoms. The number of carbonyl (C=O) groups excluding carboxylic acids is 3. The van der Waals surface area contributed by atoms with Crippen LogP contribution >= 0.6 is 15.6 Å². The van der Waals surface area contributed by atoms with Crippen molar-refractivity contribution in [1.82, 2.24) is 9.55 Å². The number of unbranched alkanes of at least 4 members (excludes halogenated alkanes) is 16. The molecular weight excluding hydrogens is 924 g/mol. The number of rotatable bonds is 40. The molecule has 1 saturated heterocycles. The number of phosphoric ester groups is 2. The highest BCUT2D eigenvalue weighted by molar-refractivity contribution is 7.61. The van der Waals surface area contributed by atoms with Crippen molar-refractivity contribution in [2.45, 2.75) is 206 Å². The first-order valence-electron chi connectivity index (χ1n) is 24.7. The molecular formula is C47H81N3O16P2. The quantitative estimate of drug-likeness (QED) is 0.0135. The molecule has 1 fully saturated rings. The largest absolute Gasteiger partial charge is 0.481 e. The minimum atomic E-state index is -5.44. The van der Waals surface area contributed by atoms with E-state index >= 15 is 0 Å². The predicted molar refractivity (Wildman–Crippen MR) is 257 cm³/mol. The third-order valence-electron chi connectivity index (χ3n) is 11.6. The Bertz CT molecular complexity index is 1810. The van der Waals surface area contributed by atoms with Crippen LogP contribution in [0, 0.1) is 5.92 Å². The molecule has 21 heteroatoms. The normalized spacial score (nSPS) is 20.0. The van der Waals surface area contributed by atoms with Gasteiger partial charge in [0, 0.05) is 25.5 Å². The number of aliphatic hydroxyl groups excluding tert-OH is 2. The van der Waals surface area contributed by atoms with Crippen molar-refractivity contribution in [1.29, 1.82) is 0 Å². The van der Waals surface area contributed by atoms with Crippen molar-refractivity contribution in [3.63, 3.8) is 0 Å². The summed E-state index contributed by atoms with van der Waals surface area (Å²) >= 11 is 0. The smallest absolute Gasteiger partial charge is 0.462 e. The number of phosphoric acid groups is 2. The van der Waals surface area contributed by atoms with E-state index in [-0.39, 0.29) is 24.4 Å². The predicted octanol–water partition coefficient (Wildman–Crippen LogP) is 8.87. The van der Waals surface area contributed by atoms with Gasteiger partial charge >= 0.3 is 33.3 Å². The second-order valence-corrected chi connectivity index (χ2v) is 20.6. The zero-order chi connectivity index (χ0) is 50.2. The number of ether oxygens (including phenoxy) is 3. The molecule has 8 atom stereocenters. The molecule has 2 rings (SSSR count). The maximum absolute atomic E-state index is 12.8. The number of nitrogens with two attached hydrogens (primary N) is 1. The molecule has 0 amide bonds. The molecule has 1 aromatic rings. The molecule has 3 unspecified atom stereocenters. The Morgan fingerprint density at radius 1 is 0.794 bits per heavy atom. The van der Waals surface area contributed by atoms with Gasteiger partial charge in [0.1, 0.15) is 30.7 Å². The van der Waals surface area contributed by atoms with Crippen LogP contribution in [0.3, 0.4) is 0 Å². The lowest BCUT2D eigenvalue weighted by Crippen LogP contribution is -2.36. The van der Waals surface area contributed by atoms with E-state index in [1.54, 1.807) is 12.2 Å². The van der Waals surface area contributed by atoms with Crippen molar-refractivity contribution in [2.24, 2.45) is 5.92 Å². The SMILES string of the molecule is CCCCCC(=O)/C=C/C=C\CCCCCCCC(=O)OC[C@H](COP(=O)(O)OP(=O)(O)OC[C@H]1O[C@@H](n2ccc(N)nc2=O)[C@H](O)[C@@H]1O)OC(=O)CCCCCCCCCCCCC(C)CC. The van der Waals surface area contributed by atoms with Gasteiger partial charge in [-0.1, -0.05) is 142 Å². The van der Waals surface area contributed by atoms with Crippen LogP contribution in [0.1, 0.15) is 181 Å². The Morgan fingerprint density at radius 3 is 2.01 bits per heavy atom. The number of aliphatic hydroxyl groups is 2. The van der Waals surface area contributed by atoms with Crippen LogP contribution in [0.15, 0.2) is 41.4 Å². The summed E-state index contributed by atoms with van der Waals surface area (Å²) in [5, 5.41) is 20.9. The first-order valence-corrected chi connectivity index (χ1v) is 27.7. The van der Waals surface area contributed by atoms with Gasteiger partial charge in [0.15, 0.2) is 18.1 Å². The molecule has 6 N–H and O–H groups in total. The number of carbonyl (C=O) groups is 3. The Morgan fingerprint density at radius 2 is 1.38 bits per heavy atom. The standard InChI is InChI=1S/C47H81N3O16P2/c1-4-6-22-28-38(51)29-24-19-15-11-9-13-16-20-25-30-42(52)61-34-39(64-43(53)31-26-21-17-12-8-7-10-14-18-23-27-37(3)5-2)35-62-67(57,58)66-68(59,60)63-36-40-44(54)45(55)46(65-40)50-33-32-41(48)49-47(50)56/h15,19,24,29,32-33,37,39-40,44-46,54-55H,4-14,16-18,20-23,25-28,30-31,34-36H2,1-3H3,(H,57,58)(H,59,60)(H2,48,49,56)/b19-15-,29-24+/t37?,39-,40-,44-,45-,46-/m1/s1. The molecule has 0 saturated carbocycles. The Hall–Kier alpha value is -3.09. The van der Waals surface area contributed by atoms with Crippen LogP contribution in [0.5, 0.6) is 0 Å². The molecule has 0 radical (unpaired) electrons. The average Bonchev–Trinajstić information content (AvgIpc) is 3.57. The highest BCUT2D eigenvalue weighted by atomic mass is 31.3. The highest BCUT2D eigenvalue weighted by Crippen LogP contribution is 2.60. The molecule has 19 nitrogen and oxygen atoms in total. The molecule has 2 heterocycles. The van der Waals surface area contributed by atoms with Crippen LogP contribution < -0.4 is 11.4 Å². The number of allylic oxidation sites excluding steroid dienone is 4. The van der Waals surface area contributed by atoms with Gasteiger partial charge in [-0.25, -0.2) is 13.9 Å². The summed E-state index contributed by atoms with van der Waals surface area (Å²) in [5.74, 6) is -0.432. The molecule has 68 heavy (non-hydrogen) atoms. The minimum absolute atomic E-state index is 0.0347. The maximum Gasteiger partial charge on any atom is 0.481 e. The summed E-state index contributed by atoms with van der Waals surface area (Å²) in [6.45, 7) is 4.27. The Balaban J connectivity index is 1.83. The number of hydrogen-bond acceptors (Lipinski definition) is 16. The summed E-state index contributed by atoms with van der Waals surface area (Å²) in [6, 6.07) is 1.24. The van der Waals surface area contributed by atoms with Crippen molar-refractivity contribution in [3.8, 4) is 0 Å². The van der Waals surface area contributed by atoms with Crippen molar-refractivity contribution in [2.75, 3.05) is 25.6 Å². The average molecular weight is 1010 g/mol. The second kappa shape index (κ2) is 35.1. The van der Waals surface area contributed by atoms with Gasteiger partial charge in [0.05, 0.1) is 13.2 Å². The minimum Gasteiger partial charge on any atom is -0.462 e. The fraction of sp³-hybridized carbons (Fsp3) is 0.766. The summed E-state index contributed by atoms with van der Waals surface area (Å²) < 4.78 is 56.7. The van der Waals surface area contributed by atoms with Gasteiger partial charge in [0.2, 0.25) is 0 Å². The van der Waals surface area contributed by atoms with Crippen molar-refractivity contribution >= 4 is 39.2 Å². The van der Waals surface area contributed by atoms with E-state index in [4.69, 9.17) is 29.0 Å². The summed E-state index contributed by atoms with van der Waals surface area (Å²) in [5.41, 5.74) is 4.58. The molecule has 1 aromatic heterocycles. The van der Waals surface area contributed by atoms with Gasteiger partial charge in [-0.3, -0.25) is 28.0 Å². The van der Waals surface area contributed by atoms with E-state index in [9.17, 15) is 48.3 Å². The molecule has 390 valence electrons. The lowest BCUT2D eigenvalue weighted by atomic mass is 9.99. The summed E-state index contributed by atoms with van der Waals surface area (Å²) in [7, 11) is -10.9. The van der Waals surface area contributed by atoms with Gasteiger partial charge < -0.3 is 39.9 Å². The number of nitrogen functional groups attached to an aromatic ring is 1. The fourth-order valence-electron chi connectivity index (χ4n) is 7.27. The summed E-state index contributed by atoms with van der Waals surface area (Å²) in [4.78, 5) is 73.6. The lowest BCUT2D eigenvalue weighted by molar-refractivity contribution is -0.161. The monoisotopic (exact) mass is 1010 g/mol. The summed E-state index contributed by atoms with van der Waals surface area (Å²) in [6.07, 6.45) is 22.5. The molecule has 0 aromatic carbocycles. The van der Waals surface area contributed by atoms with E-state index in [0.29, 0.717) is 19.3 Å². The lowest BCUT2D eigenvalue weighted by Gasteiger charge is -2.21. The van der Waals surface area contributed by atoms with E-state index in [1.165, 1.54) is 51.0 Å². The first kappa shape index (κ1) is 61.0. The number of ketones is 1. The number of nitrogens with zero attached hydrogens (tertiary/aromatic N) is 2. The van der Waals surface area contributed by atoms with E-state index in [0.717, 1.165) is 93.7 Å². The molecule has 1 aliphatic heterocycles. The van der Waals surface area contributed by atoms with Crippen LogP contribution in [-0.4, -0.2) is 91.5 Å². The molecule has 0 bridgehead atoms. The maximum atomic E-state index is 12.8. The van der Waals surface area contributed by atoms with E-state index < -0.39 is 83.7 Å².